The third-order valence-electron chi connectivity index (χ3n) is 6.98. The monoisotopic (exact) mass is 610 g/mol. The number of thiocarbonyl (C=S) groups is 2. The average Bonchev–Trinajstić information content (AvgIpc) is 3.66. The van der Waals surface area contributed by atoms with Crippen molar-refractivity contribution in [3.63, 3.8) is 0 Å². The predicted molar refractivity (Wildman–Crippen MR) is 189 cm³/mol. The molecule has 0 bridgehead atoms. The molecule has 0 aliphatic heterocycles. The summed E-state index contributed by atoms with van der Waals surface area (Å²) in [7, 11) is 0. The molecule has 10 heteroatoms. The van der Waals surface area contributed by atoms with Crippen LogP contribution in [0.2, 0.25) is 0 Å². The molecule has 6 N–H and O–H groups in total. The molecule has 44 heavy (non-hydrogen) atoms. The van der Waals surface area contributed by atoms with Gasteiger partial charge >= 0.3 is 0 Å². The van der Waals surface area contributed by atoms with Gasteiger partial charge in [0.05, 0.1) is 22.1 Å². The summed E-state index contributed by atoms with van der Waals surface area (Å²) in [6.45, 7) is 0. The third-order valence-corrected chi connectivity index (χ3v) is 7.39. The van der Waals surface area contributed by atoms with Gasteiger partial charge in [-0.25, -0.2) is 9.97 Å². The number of anilines is 4. The first-order chi connectivity index (χ1) is 21.6. The van der Waals surface area contributed by atoms with Crippen molar-refractivity contribution >= 4 is 79.5 Å². The van der Waals surface area contributed by atoms with Crippen LogP contribution < -0.4 is 21.3 Å². The summed E-state index contributed by atoms with van der Waals surface area (Å²) in [6, 6.07) is 39.6. The molecule has 0 radical (unpaired) electrons. The van der Waals surface area contributed by atoms with Crippen LogP contribution in [0.3, 0.4) is 0 Å². The Morgan fingerprint density at radius 1 is 0.455 bits per heavy atom. The van der Waals surface area contributed by atoms with Crippen molar-refractivity contribution in [2.75, 3.05) is 21.3 Å². The fraction of sp³-hybridized carbons (Fsp3) is 0. The lowest BCUT2D eigenvalue weighted by molar-refractivity contribution is 1.30. The Morgan fingerprint density at radius 3 is 1.27 bits per heavy atom. The van der Waals surface area contributed by atoms with Crippen molar-refractivity contribution in [3.05, 3.63) is 121 Å². The summed E-state index contributed by atoms with van der Waals surface area (Å²) in [6.07, 6.45) is 0. The fourth-order valence-corrected chi connectivity index (χ4v) is 5.43. The fourth-order valence-electron chi connectivity index (χ4n) is 4.96. The van der Waals surface area contributed by atoms with E-state index in [9.17, 15) is 0 Å². The van der Waals surface area contributed by atoms with Crippen LogP contribution in [0.15, 0.2) is 121 Å². The van der Waals surface area contributed by atoms with Crippen LogP contribution in [0.5, 0.6) is 0 Å². The highest BCUT2D eigenvalue weighted by Gasteiger charge is 2.15. The van der Waals surface area contributed by atoms with Gasteiger partial charge in [0.2, 0.25) is 0 Å². The van der Waals surface area contributed by atoms with E-state index < -0.39 is 0 Å². The Labute approximate surface area is 264 Å². The number of benzene rings is 5. The maximum atomic E-state index is 5.50. The molecule has 0 spiro atoms. The lowest BCUT2D eigenvalue weighted by atomic mass is 10.1. The lowest BCUT2D eigenvalue weighted by Gasteiger charge is -2.10. The molecule has 0 unspecified atom stereocenters. The zero-order valence-electron chi connectivity index (χ0n) is 23.3. The number of aromatic amines is 2. The molecule has 0 saturated carbocycles. The van der Waals surface area contributed by atoms with Crippen LogP contribution >= 0.6 is 24.4 Å². The maximum Gasteiger partial charge on any atom is 0.175 e. The number of imidazole rings is 2. The predicted octanol–water partition coefficient (Wildman–Crippen LogP) is 8.39. The van der Waals surface area contributed by atoms with Gasteiger partial charge in [-0.2, -0.15) is 0 Å². The number of fused-ring (bicyclic) bond motifs is 2. The molecule has 0 aliphatic carbocycles. The van der Waals surface area contributed by atoms with Crippen molar-refractivity contribution in [3.8, 4) is 22.8 Å². The second-order valence-electron chi connectivity index (χ2n) is 10.1. The van der Waals surface area contributed by atoms with Crippen molar-refractivity contribution in [2.45, 2.75) is 0 Å². The molecule has 7 rings (SSSR count). The molecule has 0 amide bonds. The van der Waals surface area contributed by atoms with E-state index in [1.54, 1.807) is 0 Å². The molecule has 2 aromatic heterocycles. The van der Waals surface area contributed by atoms with Crippen LogP contribution in [-0.2, 0) is 0 Å². The van der Waals surface area contributed by atoms with Crippen molar-refractivity contribution in [1.29, 1.82) is 0 Å². The number of rotatable bonds is 6. The van der Waals surface area contributed by atoms with E-state index >= 15 is 0 Å². The highest BCUT2D eigenvalue weighted by molar-refractivity contribution is 7.81. The molecule has 8 nitrogen and oxygen atoms in total. The first kappa shape index (κ1) is 27.3. The van der Waals surface area contributed by atoms with Crippen LogP contribution in [0.4, 0.5) is 22.7 Å². The van der Waals surface area contributed by atoms with Gasteiger partial charge in [0.25, 0.3) is 0 Å². The summed E-state index contributed by atoms with van der Waals surface area (Å²) < 4.78 is 0. The van der Waals surface area contributed by atoms with Gasteiger partial charge in [-0.3, -0.25) is 0 Å². The van der Waals surface area contributed by atoms with Crippen molar-refractivity contribution in [1.82, 2.24) is 19.9 Å². The van der Waals surface area contributed by atoms with E-state index in [4.69, 9.17) is 34.4 Å². The van der Waals surface area contributed by atoms with E-state index in [0.29, 0.717) is 10.2 Å². The Morgan fingerprint density at radius 2 is 0.841 bits per heavy atom. The summed E-state index contributed by atoms with van der Waals surface area (Å²) in [5.74, 6) is 1.50. The molecular formula is C34H26N8S2. The van der Waals surface area contributed by atoms with Gasteiger partial charge in [0.1, 0.15) is 11.6 Å². The van der Waals surface area contributed by atoms with Gasteiger partial charge in [0.15, 0.2) is 10.2 Å². The van der Waals surface area contributed by atoms with E-state index in [-0.39, 0.29) is 0 Å². The molecule has 214 valence electrons. The van der Waals surface area contributed by atoms with Crippen LogP contribution in [-0.4, -0.2) is 30.2 Å². The molecule has 0 fully saturated rings. The number of hydrogen-bond acceptors (Lipinski definition) is 4. The minimum Gasteiger partial charge on any atom is -0.338 e. The first-order valence-electron chi connectivity index (χ1n) is 13.9. The van der Waals surface area contributed by atoms with E-state index in [1.165, 1.54) is 0 Å². The lowest BCUT2D eigenvalue weighted by Crippen LogP contribution is -2.18. The second kappa shape index (κ2) is 12.0. The number of aromatic nitrogens is 4. The summed E-state index contributed by atoms with van der Waals surface area (Å²) in [5.41, 5.74) is 8.91. The summed E-state index contributed by atoms with van der Waals surface area (Å²) >= 11 is 11.0. The van der Waals surface area contributed by atoms with E-state index in [1.807, 2.05) is 121 Å². The molecule has 0 saturated heterocycles. The Hall–Kier alpha value is -5.58. The van der Waals surface area contributed by atoms with Crippen LogP contribution in [0, 0.1) is 0 Å². The molecular weight excluding hydrogens is 585 g/mol. The van der Waals surface area contributed by atoms with Crippen LogP contribution in [0.25, 0.3) is 44.8 Å². The van der Waals surface area contributed by atoms with Gasteiger partial charge in [-0.05, 0) is 85.1 Å². The number of nitrogens with one attached hydrogen (secondary N) is 6. The quantitative estimate of drug-likeness (QED) is 0.104. The maximum absolute atomic E-state index is 5.50. The largest absolute Gasteiger partial charge is 0.338 e. The Bertz CT molecular complexity index is 1970. The highest BCUT2D eigenvalue weighted by Crippen LogP contribution is 2.32. The zero-order chi connectivity index (χ0) is 29.9. The van der Waals surface area contributed by atoms with Gasteiger partial charge in [-0.15, -0.1) is 0 Å². The Balaban J connectivity index is 1.12. The van der Waals surface area contributed by atoms with Crippen molar-refractivity contribution < 1.29 is 0 Å². The Kier molecular flexibility index (Phi) is 7.41. The number of nitrogens with zero attached hydrogens (tertiary/aromatic N) is 2. The topological polar surface area (TPSA) is 105 Å². The smallest absolute Gasteiger partial charge is 0.175 e. The number of para-hydroxylation sites is 2. The van der Waals surface area contributed by atoms with Gasteiger partial charge in [0, 0.05) is 33.9 Å². The van der Waals surface area contributed by atoms with Crippen LogP contribution in [0.1, 0.15) is 0 Å². The van der Waals surface area contributed by atoms with E-state index in [0.717, 1.165) is 67.6 Å². The molecule has 0 aliphatic rings. The molecule has 7 aromatic rings. The number of hydrogen-bond donors (Lipinski definition) is 6. The molecule has 0 atom stereocenters. The standard InChI is InChI=1S/C34H26N8S2/c43-33(35-21-9-3-1-4-10-21)37-23-15-17-27-29(19-23)41-31(39-27)25-13-7-8-14-26(25)32-40-28-18-16-24(20-30(28)42-32)38-34(44)36-22-11-5-2-6-12-22/h1-20H,(H,39,41)(H,40,42)(H2,35,37,43)(H2,36,38,44). The minimum atomic E-state index is 0.512. The molecule has 5 aromatic carbocycles. The SMILES string of the molecule is S=C(Nc1ccccc1)Nc1ccc2nc(-c3ccccc3-c3nc4ccc(NC(=S)Nc5ccccc5)cc4[nH]3)[nH]c2c1. The van der Waals surface area contributed by atoms with Crippen molar-refractivity contribution in [2.24, 2.45) is 0 Å². The molecule has 2 heterocycles. The van der Waals surface area contributed by atoms with Gasteiger partial charge < -0.3 is 31.2 Å². The first-order valence-corrected chi connectivity index (χ1v) is 14.7. The van der Waals surface area contributed by atoms with Gasteiger partial charge in [-0.1, -0.05) is 60.7 Å². The number of H-pyrrole nitrogens is 2. The van der Waals surface area contributed by atoms with E-state index in [2.05, 4.69) is 31.2 Å². The zero-order valence-corrected chi connectivity index (χ0v) is 24.9. The second-order valence-corrected chi connectivity index (χ2v) is 10.9. The third kappa shape index (κ3) is 5.98. The minimum absolute atomic E-state index is 0.512. The summed E-state index contributed by atoms with van der Waals surface area (Å²) in [4.78, 5) is 16.7. The normalized spacial score (nSPS) is 10.9. The average molecular weight is 611 g/mol. The highest BCUT2D eigenvalue weighted by atomic mass is 32.1. The summed E-state index contributed by atoms with van der Waals surface area (Å²) in [5, 5.41) is 13.9.